The number of hydrogen-bond acceptors (Lipinski definition) is 0. The van der Waals surface area contributed by atoms with Gasteiger partial charge in [0.2, 0.25) is 0 Å². The van der Waals surface area contributed by atoms with E-state index in [1.54, 1.807) is 6.08 Å². The summed E-state index contributed by atoms with van der Waals surface area (Å²) in [5, 5.41) is 2.58. The highest BCUT2D eigenvalue weighted by molar-refractivity contribution is 6.09. The van der Waals surface area contributed by atoms with Crippen molar-refractivity contribution in [2.45, 2.75) is 6.92 Å². The monoisotopic (exact) mass is 259 g/mol. The van der Waals surface area contributed by atoms with Crippen LogP contribution in [0.15, 0.2) is 78.9 Å². The zero-order valence-corrected chi connectivity index (χ0v) is 11.6. The molecule has 0 saturated carbocycles. The molecule has 0 aliphatic carbocycles. The molecule has 0 saturated heterocycles. The molecule has 3 rings (SSSR count). The van der Waals surface area contributed by atoms with Gasteiger partial charge in [0, 0.05) is 17.0 Å². The number of rotatable bonds is 3. The van der Waals surface area contributed by atoms with Gasteiger partial charge in [-0.2, -0.15) is 0 Å². The summed E-state index contributed by atoms with van der Waals surface area (Å²) in [6.45, 7) is 5.81. The fourth-order valence-corrected chi connectivity index (χ4v) is 2.56. The molecule has 0 unspecified atom stereocenters. The Kier molecular flexibility index (Phi) is 3.26. The molecule has 0 atom stereocenters. The molecule has 98 valence electrons. The van der Waals surface area contributed by atoms with E-state index in [9.17, 15) is 0 Å². The summed E-state index contributed by atoms with van der Waals surface area (Å²) in [7, 11) is 0. The third-order valence-electron chi connectivity index (χ3n) is 3.45. The van der Waals surface area contributed by atoms with Crippen molar-refractivity contribution >= 4 is 28.0 Å². The molecule has 0 amide bonds. The summed E-state index contributed by atoms with van der Waals surface area (Å²) in [4.78, 5) is 0. The van der Waals surface area contributed by atoms with Crippen LogP contribution in [-0.4, -0.2) is 4.57 Å². The number of para-hydroxylation sites is 2. The SMILES string of the molecule is C=C/C=C\C(C)=C/n1c2ccccc2c2ccccc21. The highest BCUT2D eigenvalue weighted by atomic mass is 15.0. The number of benzene rings is 2. The second kappa shape index (κ2) is 5.22. The maximum atomic E-state index is 3.71. The van der Waals surface area contributed by atoms with Crippen LogP contribution in [0.3, 0.4) is 0 Å². The molecule has 0 fully saturated rings. The summed E-state index contributed by atoms with van der Waals surface area (Å²) in [5.74, 6) is 0. The van der Waals surface area contributed by atoms with Gasteiger partial charge in [0.25, 0.3) is 0 Å². The molecule has 0 aliphatic rings. The molecule has 1 heterocycles. The van der Waals surface area contributed by atoms with E-state index in [2.05, 4.69) is 78.9 Å². The van der Waals surface area contributed by atoms with Crippen molar-refractivity contribution < 1.29 is 0 Å². The van der Waals surface area contributed by atoms with Crippen LogP contribution in [0.1, 0.15) is 6.92 Å². The molecule has 2 aromatic carbocycles. The van der Waals surface area contributed by atoms with Crippen molar-refractivity contribution in [1.82, 2.24) is 4.57 Å². The quantitative estimate of drug-likeness (QED) is 0.555. The lowest BCUT2D eigenvalue weighted by Crippen LogP contribution is -1.86. The van der Waals surface area contributed by atoms with Crippen molar-refractivity contribution in [3.63, 3.8) is 0 Å². The summed E-state index contributed by atoms with van der Waals surface area (Å²) < 4.78 is 2.26. The molecule has 1 nitrogen and oxygen atoms in total. The number of aromatic nitrogens is 1. The topological polar surface area (TPSA) is 4.93 Å². The molecule has 0 bridgehead atoms. The lowest BCUT2D eigenvalue weighted by molar-refractivity contribution is 1.27. The first kappa shape index (κ1) is 12.5. The Hall–Kier alpha value is -2.54. The first-order valence-corrected chi connectivity index (χ1v) is 6.76. The number of nitrogens with zero attached hydrogens (tertiary/aromatic N) is 1. The Bertz CT molecular complexity index is 778. The van der Waals surface area contributed by atoms with Crippen LogP contribution < -0.4 is 0 Å². The van der Waals surface area contributed by atoms with Crippen molar-refractivity contribution in [3.05, 3.63) is 78.9 Å². The lowest BCUT2D eigenvalue weighted by atomic mass is 10.2. The van der Waals surface area contributed by atoms with Gasteiger partial charge in [-0.15, -0.1) is 0 Å². The largest absolute Gasteiger partial charge is 0.316 e. The Labute approximate surface area is 119 Å². The van der Waals surface area contributed by atoms with E-state index in [0.29, 0.717) is 0 Å². The smallest absolute Gasteiger partial charge is 0.0535 e. The molecule has 0 spiro atoms. The molecule has 1 heteroatoms. The van der Waals surface area contributed by atoms with E-state index in [1.165, 1.54) is 27.4 Å². The van der Waals surface area contributed by atoms with Gasteiger partial charge in [0.1, 0.15) is 0 Å². The number of allylic oxidation sites excluding steroid dienone is 4. The molecule has 3 aromatic rings. The third kappa shape index (κ3) is 2.08. The summed E-state index contributed by atoms with van der Waals surface area (Å²) >= 11 is 0. The average molecular weight is 259 g/mol. The van der Waals surface area contributed by atoms with Crippen molar-refractivity contribution in [3.8, 4) is 0 Å². The Morgan fingerprint density at radius 3 is 2.05 bits per heavy atom. The van der Waals surface area contributed by atoms with Crippen molar-refractivity contribution in [2.24, 2.45) is 0 Å². The second-order valence-electron chi connectivity index (χ2n) is 4.87. The first-order valence-electron chi connectivity index (χ1n) is 6.76. The van der Waals surface area contributed by atoms with Crippen LogP contribution >= 0.6 is 0 Å². The van der Waals surface area contributed by atoms with E-state index >= 15 is 0 Å². The minimum Gasteiger partial charge on any atom is -0.316 e. The molecule has 1 aromatic heterocycles. The normalized spacial score (nSPS) is 12.6. The van der Waals surface area contributed by atoms with Crippen LogP contribution in [0.5, 0.6) is 0 Å². The Morgan fingerprint density at radius 1 is 0.950 bits per heavy atom. The summed E-state index contributed by atoms with van der Waals surface area (Å²) in [5.41, 5.74) is 3.66. The van der Waals surface area contributed by atoms with E-state index in [0.717, 1.165) is 0 Å². The highest BCUT2D eigenvalue weighted by Gasteiger charge is 2.07. The maximum absolute atomic E-state index is 3.71. The van der Waals surface area contributed by atoms with E-state index < -0.39 is 0 Å². The predicted octanol–water partition coefficient (Wildman–Crippen LogP) is 5.40. The van der Waals surface area contributed by atoms with Gasteiger partial charge in [-0.25, -0.2) is 0 Å². The van der Waals surface area contributed by atoms with E-state index in [1.807, 2.05) is 6.08 Å². The fourth-order valence-electron chi connectivity index (χ4n) is 2.56. The molecule has 20 heavy (non-hydrogen) atoms. The number of hydrogen-bond donors (Lipinski definition) is 0. The van der Waals surface area contributed by atoms with Crippen molar-refractivity contribution in [2.75, 3.05) is 0 Å². The summed E-state index contributed by atoms with van der Waals surface area (Å²) in [6.07, 6.45) is 7.99. The first-order chi connectivity index (χ1) is 9.81. The van der Waals surface area contributed by atoms with E-state index in [-0.39, 0.29) is 0 Å². The van der Waals surface area contributed by atoms with Gasteiger partial charge in [-0.1, -0.05) is 61.2 Å². The average Bonchev–Trinajstić information content (AvgIpc) is 2.80. The maximum Gasteiger partial charge on any atom is 0.0535 e. The summed E-state index contributed by atoms with van der Waals surface area (Å²) in [6, 6.07) is 17.0. The molecule has 0 aliphatic heterocycles. The Balaban J connectivity index is 2.32. The van der Waals surface area contributed by atoms with Crippen LogP contribution in [-0.2, 0) is 0 Å². The second-order valence-corrected chi connectivity index (χ2v) is 4.87. The van der Waals surface area contributed by atoms with Gasteiger partial charge in [-0.05, 0) is 24.6 Å². The highest BCUT2D eigenvalue weighted by Crippen LogP contribution is 2.29. The molecule has 0 radical (unpaired) electrons. The van der Waals surface area contributed by atoms with Gasteiger partial charge in [0.15, 0.2) is 0 Å². The van der Waals surface area contributed by atoms with E-state index in [4.69, 9.17) is 0 Å². The van der Waals surface area contributed by atoms with Crippen molar-refractivity contribution in [1.29, 1.82) is 0 Å². The van der Waals surface area contributed by atoms with Crippen LogP contribution in [0.2, 0.25) is 0 Å². The predicted molar refractivity (Wildman–Crippen MR) is 88.7 cm³/mol. The minimum atomic E-state index is 1.19. The zero-order chi connectivity index (χ0) is 13.9. The zero-order valence-electron chi connectivity index (χ0n) is 11.6. The standard InChI is InChI=1S/C19H17N/c1-3-4-9-15(2)14-20-18-12-7-5-10-16(18)17-11-6-8-13-19(17)20/h3-14H,1H2,2H3/b9-4-,15-14-. The van der Waals surface area contributed by atoms with Crippen LogP contribution in [0, 0.1) is 0 Å². The van der Waals surface area contributed by atoms with Crippen LogP contribution in [0.4, 0.5) is 0 Å². The number of fused-ring (bicyclic) bond motifs is 3. The van der Waals surface area contributed by atoms with Gasteiger partial charge < -0.3 is 4.57 Å². The fraction of sp³-hybridized carbons (Fsp3) is 0.0526. The van der Waals surface area contributed by atoms with Gasteiger partial charge in [-0.3, -0.25) is 0 Å². The molecule has 0 N–H and O–H groups in total. The lowest BCUT2D eigenvalue weighted by Gasteiger charge is -2.01. The third-order valence-corrected chi connectivity index (χ3v) is 3.45. The molecular weight excluding hydrogens is 242 g/mol. The van der Waals surface area contributed by atoms with Crippen LogP contribution in [0.25, 0.3) is 28.0 Å². The van der Waals surface area contributed by atoms with Gasteiger partial charge >= 0.3 is 0 Å². The van der Waals surface area contributed by atoms with Gasteiger partial charge in [0.05, 0.1) is 11.0 Å². The molecular formula is C19H17N. The minimum absolute atomic E-state index is 1.19. The Morgan fingerprint density at radius 2 is 1.50 bits per heavy atom.